The van der Waals surface area contributed by atoms with Gasteiger partial charge in [-0.2, -0.15) is 0 Å². The highest BCUT2D eigenvalue weighted by atomic mass is 35.6. The number of halogens is 3. The van der Waals surface area contributed by atoms with Gasteiger partial charge in [0.15, 0.2) is 0 Å². The van der Waals surface area contributed by atoms with Crippen LogP contribution < -0.4 is 0 Å². The van der Waals surface area contributed by atoms with Gasteiger partial charge in [-0.15, -0.1) is 0 Å². The zero-order chi connectivity index (χ0) is 9.35. The molecule has 0 amide bonds. The van der Waals surface area contributed by atoms with Crippen molar-refractivity contribution in [3.63, 3.8) is 0 Å². The number of hydrogen-bond donors (Lipinski definition) is 0. The van der Waals surface area contributed by atoms with Gasteiger partial charge in [0.25, 0.3) is 0 Å². The molecule has 0 N–H and O–H groups in total. The number of ether oxygens (including phenoxy) is 2. The normalized spacial score (nSPS) is 37.2. The van der Waals surface area contributed by atoms with Crippen molar-refractivity contribution in [1.82, 2.24) is 0 Å². The van der Waals surface area contributed by atoms with Gasteiger partial charge < -0.3 is 9.47 Å². The molecule has 0 aromatic rings. The Balaban J connectivity index is 2.54. The van der Waals surface area contributed by atoms with E-state index in [1.807, 2.05) is 13.8 Å². The van der Waals surface area contributed by atoms with Gasteiger partial charge in [-0.25, -0.2) is 0 Å². The Bertz CT molecular complexity index is 157. The lowest BCUT2D eigenvalue weighted by molar-refractivity contribution is -0.0605. The van der Waals surface area contributed by atoms with Gasteiger partial charge in [-0.05, 0) is 13.3 Å². The van der Waals surface area contributed by atoms with Crippen LogP contribution in [-0.4, -0.2) is 22.3 Å². The van der Waals surface area contributed by atoms with E-state index < -0.39 is 10.1 Å². The molecular formula is C7H11Cl3O2. The minimum Gasteiger partial charge on any atom is -0.343 e. The molecule has 1 fully saturated rings. The van der Waals surface area contributed by atoms with Gasteiger partial charge >= 0.3 is 0 Å². The molecule has 2 nitrogen and oxygen atoms in total. The molecule has 5 heteroatoms. The minimum absolute atomic E-state index is 0.00405. The molecule has 0 aromatic carbocycles. The summed E-state index contributed by atoms with van der Waals surface area (Å²) in [5.41, 5.74) is 0. The van der Waals surface area contributed by atoms with Crippen LogP contribution in [0.1, 0.15) is 20.3 Å². The molecular weight excluding hydrogens is 222 g/mol. The topological polar surface area (TPSA) is 18.5 Å². The Hall–Kier alpha value is 0.790. The molecule has 1 heterocycles. The quantitative estimate of drug-likeness (QED) is 0.649. The molecule has 1 rings (SSSR count). The van der Waals surface area contributed by atoms with E-state index in [0.29, 0.717) is 0 Å². The third-order valence-corrected chi connectivity index (χ3v) is 2.36. The summed E-state index contributed by atoms with van der Waals surface area (Å²) in [4.78, 5) is 0. The Morgan fingerprint density at radius 2 is 1.83 bits per heavy atom. The van der Waals surface area contributed by atoms with E-state index in [-0.39, 0.29) is 12.2 Å². The maximum absolute atomic E-state index is 5.61. The highest BCUT2D eigenvalue weighted by Gasteiger charge is 2.43. The molecule has 1 aliphatic heterocycles. The summed E-state index contributed by atoms with van der Waals surface area (Å²) in [5, 5.41) is 0. The van der Waals surface area contributed by atoms with E-state index in [0.717, 1.165) is 6.42 Å². The van der Waals surface area contributed by atoms with Gasteiger partial charge in [0.2, 0.25) is 10.1 Å². The second-order valence-electron chi connectivity index (χ2n) is 2.80. The van der Waals surface area contributed by atoms with Crippen LogP contribution in [0.25, 0.3) is 0 Å². The van der Waals surface area contributed by atoms with Gasteiger partial charge in [-0.3, -0.25) is 0 Å². The van der Waals surface area contributed by atoms with E-state index in [2.05, 4.69) is 0 Å². The summed E-state index contributed by atoms with van der Waals surface area (Å²) < 4.78 is 9.19. The minimum atomic E-state index is -1.49. The van der Waals surface area contributed by atoms with Crippen molar-refractivity contribution in [2.24, 2.45) is 0 Å². The lowest BCUT2D eigenvalue weighted by Crippen LogP contribution is -2.26. The van der Waals surface area contributed by atoms with Crippen LogP contribution in [0.4, 0.5) is 0 Å². The molecule has 0 radical (unpaired) electrons. The smallest absolute Gasteiger partial charge is 0.240 e. The second kappa shape index (κ2) is 3.89. The predicted octanol–water partition coefficient (Wildman–Crippen LogP) is 2.90. The summed E-state index contributed by atoms with van der Waals surface area (Å²) in [5.74, 6) is 0. The SMILES string of the molecule is CC[C@H]1OC(C(Cl)(Cl)Cl)O[C@@H]1C. The summed E-state index contributed by atoms with van der Waals surface area (Å²) >= 11 is 16.8. The monoisotopic (exact) mass is 232 g/mol. The molecule has 0 bridgehead atoms. The van der Waals surface area contributed by atoms with Crippen molar-refractivity contribution in [2.45, 2.75) is 42.6 Å². The lowest BCUT2D eigenvalue weighted by Gasteiger charge is -2.17. The van der Waals surface area contributed by atoms with Crippen molar-refractivity contribution in [3.05, 3.63) is 0 Å². The molecule has 0 aromatic heterocycles. The van der Waals surface area contributed by atoms with Crippen LogP contribution in [0.5, 0.6) is 0 Å². The Morgan fingerprint density at radius 1 is 1.25 bits per heavy atom. The zero-order valence-corrected chi connectivity index (χ0v) is 9.16. The summed E-state index contributed by atoms with van der Waals surface area (Å²) in [6.45, 7) is 3.91. The van der Waals surface area contributed by atoms with E-state index in [4.69, 9.17) is 44.3 Å². The average Bonchev–Trinajstić information content (AvgIpc) is 2.29. The number of rotatable bonds is 1. The van der Waals surface area contributed by atoms with E-state index in [1.165, 1.54) is 0 Å². The summed E-state index contributed by atoms with van der Waals surface area (Å²) in [6.07, 6.45) is 0.155. The third kappa shape index (κ3) is 2.39. The Kier molecular flexibility index (Phi) is 3.52. The average molecular weight is 234 g/mol. The second-order valence-corrected chi connectivity index (χ2v) is 5.17. The first kappa shape index (κ1) is 10.9. The molecule has 0 spiro atoms. The van der Waals surface area contributed by atoms with Gasteiger partial charge in [-0.1, -0.05) is 41.7 Å². The maximum Gasteiger partial charge on any atom is 0.240 e. The van der Waals surface area contributed by atoms with Gasteiger partial charge in [0.1, 0.15) is 0 Å². The molecule has 1 saturated heterocycles. The first-order chi connectivity index (χ1) is 5.45. The molecule has 0 aliphatic carbocycles. The molecule has 72 valence electrons. The molecule has 3 atom stereocenters. The van der Waals surface area contributed by atoms with Crippen LogP contribution >= 0.6 is 34.8 Å². The predicted molar refractivity (Wildman–Crippen MR) is 49.8 cm³/mol. The van der Waals surface area contributed by atoms with E-state index in [9.17, 15) is 0 Å². The molecule has 12 heavy (non-hydrogen) atoms. The van der Waals surface area contributed by atoms with Crippen LogP contribution in [0, 0.1) is 0 Å². The zero-order valence-electron chi connectivity index (χ0n) is 6.89. The fourth-order valence-electron chi connectivity index (χ4n) is 1.17. The number of hydrogen-bond acceptors (Lipinski definition) is 2. The van der Waals surface area contributed by atoms with Crippen molar-refractivity contribution in [3.8, 4) is 0 Å². The number of alkyl halides is 3. The van der Waals surface area contributed by atoms with Crippen LogP contribution in [0.15, 0.2) is 0 Å². The van der Waals surface area contributed by atoms with Crippen molar-refractivity contribution in [1.29, 1.82) is 0 Å². The van der Waals surface area contributed by atoms with E-state index >= 15 is 0 Å². The molecule has 1 aliphatic rings. The largest absolute Gasteiger partial charge is 0.343 e. The van der Waals surface area contributed by atoms with Crippen molar-refractivity contribution >= 4 is 34.8 Å². The Morgan fingerprint density at radius 3 is 2.08 bits per heavy atom. The Labute approximate surface area is 87.1 Å². The molecule has 1 unspecified atom stereocenters. The standard InChI is InChI=1S/C7H11Cl3O2/c1-3-5-4(2)11-6(12-5)7(8,9)10/h4-6H,3H2,1-2H3/t4-,5-,6?/m1/s1. The highest BCUT2D eigenvalue weighted by molar-refractivity contribution is 6.67. The van der Waals surface area contributed by atoms with Gasteiger partial charge in [0, 0.05) is 0 Å². The molecule has 0 saturated carbocycles. The van der Waals surface area contributed by atoms with Crippen LogP contribution in [-0.2, 0) is 9.47 Å². The summed E-state index contributed by atoms with van der Waals surface area (Å²) in [7, 11) is 0. The van der Waals surface area contributed by atoms with Crippen molar-refractivity contribution < 1.29 is 9.47 Å². The maximum atomic E-state index is 5.61. The highest BCUT2D eigenvalue weighted by Crippen LogP contribution is 2.38. The fraction of sp³-hybridized carbons (Fsp3) is 1.00. The van der Waals surface area contributed by atoms with Crippen LogP contribution in [0.2, 0.25) is 0 Å². The first-order valence-electron chi connectivity index (χ1n) is 3.82. The van der Waals surface area contributed by atoms with Gasteiger partial charge in [0.05, 0.1) is 12.2 Å². The first-order valence-corrected chi connectivity index (χ1v) is 4.96. The lowest BCUT2D eigenvalue weighted by atomic mass is 10.2. The third-order valence-electron chi connectivity index (χ3n) is 1.83. The van der Waals surface area contributed by atoms with Crippen molar-refractivity contribution in [2.75, 3.05) is 0 Å². The summed E-state index contributed by atoms with van der Waals surface area (Å²) in [6, 6.07) is 0. The van der Waals surface area contributed by atoms with E-state index in [1.54, 1.807) is 0 Å². The fourth-order valence-corrected chi connectivity index (χ4v) is 1.48. The van der Waals surface area contributed by atoms with Crippen LogP contribution in [0.3, 0.4) is 0 Å².